The SMILES string of the molecule is CC1=CC(C)=C2C3CNCC(CN2C1)C3=O. The Bertz CT molecular complexity index is 408. The molecular weight excluding hydrogens is 200 g/mol. The predicted octanol–water partition coefficient (Wildman–Crippen LogP) is 0.941. The lowest BCUT2D eigenvalue weighted by Gasteiger charge is -2.46. The summed E-state index contributed by atoms with van der Waals surface area (Å²) in [7, 11) is 0. The summed E-state index contributed by atoms with van der Waals surface area (Å²) < 4.78 is 0. The van der Waals surface area contributed by atoms with Crippen LogP contribution in [0.2, 0.25) is 0 Å². The number of hydrogen-bond donors (Lipinski definition) is 1. The third-order valence-electron chi connectivity index (χ3n) is 3.90. The maximum Gasteiger partial charge on any atom is 0.149 e. The van der Waals surface area contributed by atoms with E-state index in [1.54, 1.807) is 0 Å². The number of Topliss-reactive ketones (excluding diaryl/α,β-unsaturated/α-hetero) is 1. The Labute approximate surface area is 96.2 Å². The summed E-state index contributed by atoms with van der Waals surface area (Å²) in [6, 6.07) is 0. The summed E-state index contributed by atoms with van der Waals surface area (Å²) in [5.74, 6) is 0.773. The summed E-state index contributed by atoms with van der Waals surface area (Å²) in [4.78, 5) is 14.6. The van der Waals surface area contributed by atoms with Gasteiger partial charge in [-0.1, -0.05) is 11.6 Å². The van der Waals surface area contributed by atoms with Crippen molar-refractivity contribution < 1.29 is 4.79 Å². The number of piperidine rings is 2. The zero-order valence-electron chi connectivity index (χ0n) is 9.92. The van der Waals surface area contributed by atoms with Crippen LogP contribution in [-0.4, -0.2) is 36.9 Å². The van der Waals surface area contributed by atoms with E-state index in [2.05, 4.69) is 30.1 Å². The van der Waals surface area contributed by atoms with Crippen LogP contribution in [0.5, 0.6) is 0 Å². The largest absolute Gasteiger partial charge is 0.369 e. The van der Waals surface area contributed by atoms with Gasteiger partial charge in [0.05, 0.1) is 5.92 Å². The molecule has 2 atom stereocenters. The molecule has 3 aliphatic rings. The highest BCUT2D eigenvalue weighted by Crippen LogP contribution is 2.35. The second kappa shape index (κ2) is 3.45. The van der Waals surface area contributed by atoms with Crippen LogP contribution in [0.3, 0.4) is 0 Å². The van der Waals surface area contributed by atoms with E-state index in [1.165, 1.54) is 16.8 Å². The maximum atomic E-state index is 12.2. The molecule has 0 aromatic carbocycles. The highest BCUT2D eigenvalue weighted by atomic mass is 16.1. The fraction of sp³-hybridized carbons (Fsp3) is 0.615. The third-order valence-corrected chi connectivity index (χ3v) is 3.90. The molecule has 2 fully saturated rings. The number of hydrogen-bond acceptors (Lipinski definition) is 3. The van der Waals surface area contributed by atoms with Crippen LogP contribution in [0.4, 0.5) is 0 Å². The van der Waals surface area contributed by atoms with Gasteiger partial charge in [0.1, 0.15) is 5.78 Å². The minimum atomic E-state index is 0.108. The molecule has 1 N–H and O–H groups in total. The smallest absolute Gasteiger partial charge is 0.149 e. The van der Waals surface area contributed by atoms with Crippen LogP contribution in [0, 0.1) is 11.8 Å². The minimum absolute atomic E-state index is 0.108. The van der Waals surface area contributed by atoms with Crippen LogP contribution < -0.4 is 5.32 Å². The number of allylic oxidation sites excluding steroid dienone is 2. The first-order chi connectivity index (χ1) is 7.66. The molecule has 3 aliphatic heterocycles. The van der Waals surface area contributed by atoms with Crippen molar-refractivity contribution in [3.63, 3.8) is 0 Å². The Morgan fingerprint density at radius 3 is 3.00 bits per heavy atom. The molecule has 0 spiro atoms. The Balaban J connectivity index is 2.04. The first-order valence-corrected chi connectivity index (χ1v) is 6.04. The van der Waals surface area contributed by atoms with Crippen molar-refractivity contribution in [1.82, 2.24) is 10.2 Å². The molecule has 0 aromatic heterocycles. The molecule has 0 saturated carbocycles. The Morgan fingerprint density at radius 1 is 1.38 bits per heavy atom. The van der Waals surface area contributed by atoms with Crippen molar-refractivity contribution >= 4 is 5.78 Å². The van der Waals surface area contributed by atoms with E-state index in [-0.39, 0.29) is 11.8 Å². The van der Waals surface area contributed by atoms with E-state index < -0.39 is 0 Å². The van der Waals surface area contributed by atoms with Crippen LogP contribution >= 0.6 is 0 Å². The third kappa shape index (κ3) is 1.34. The molecule has 0 aliphatic carbocycles. The average molecular weight is 218 g/mol. The van der Waals surface area contributed by atoms with E-state index in [4.69, 9.17) is 0 Å². The molecule has 3 heterocycles. The van der Waals surface area contributed by atoms with Crippen LogP contribution in [0.15, 0.2) is 22.9 Å². The van der Waals surface area contributed by atoms with Gasteiger partial charge in [0.15, 0.2) is 0 Å². The van der Waals surface area contributed by atoms with Gasteiger partial charge < -0.3 is 10.2 Å². The Morgan fingerprint density at radius 2 is 2.19 bits per heavy atom. The molecule has 3 rings (SSSR count). The van der Waals surface area contributed by atoms with Gasteiger partial charge in [-0.25, -0.2) is 0 Å². The van der Waals surface area contributed by atoms with Gasteiger partial charge in [0, 0.05) is 37.8 Å². The number of carbonyl (C=O) groups excluding carboxylic acids is 1. The van der Waals surface area contributed by atoms with Crippen molar-refractivity contribution in [2.45, 2.75) is 13.8 Å². The molecule has 2 saturated heterocycles. The number of carbonyl (C=O) groups is 1. The predicted molar refractivity (Wildman–Crippen MR) is 62.9 cm³/mol. The van der Waals surface area contributed by atoms with Gasteiger partial charge >= 0.3 is 0 Å². The zero-order valence-corrected chi connectivity index (χ0v) is 9.92. The van der Waals surface area contributed by atoms with E-state index in [1.807, 2.05) is 0 Å². The molecular formula is C13H18N2O. The van der Waals surface area contributed by atoms with Crippen molar-refractivity contribution in [3.8, 4) is 0 Å². The lowest BCUT2D eigenvalue weighted by molar-refractivity contribution is -0.130. The number of nitrogens with one attached hydrogen (secondary N) is 1. The van der Waals surface area contributed by atoms with E-state index >= 15 is 0 Å². The lowest BCUT2D eigenvalue weighted by Crippen LogP contribution is -2.56. The summed E-state index contributed by atoms with van der Waals surface area (Å²) in [6.07, 6.45) is 2.23. The Kier molecular flexibility index (Phi) is 2.18. The monoisotopic (exact) mass is 218 g/mol. The number of ketones is 1. The van der Waals surface area contributed by atoms with Gasteiger partial charge in [-0.2, -0.15) is 0 Å². The first kappa shape index (κ1) is 10.1. The van der Waals surface area contributed by atoms with E-state index in [0.29, 0.717) is 5.78 Å². The fourth-order valence-electron chi connectivity index (χ4n) is 3.32. The standard InChI is InChI=1S/C13H18N2O/c1-8-3-9(2)12-11-5-14-4-10(13(11)16)7-15(12)6-8/h3,10-11,14H,4-7H2,1-2H3. The number of nitrogens with zero attached hydrogens (tertiary/aromatic N) is 1. The first-order valence-electron chi connectivity index (χ1n) is 6.04. The summed E-state index contributed by atoms with van der Waals surface area (Å²) >= 11 is 0. The highest BCUT2D eigenvalue weighted by molar-refractivity contribution is 5.88. The maximum absolute atomic E-state index is 12.2. The summed E-state index contributed by atoms with van der Waals surface area (Å²) in [5.41, 5.74) is 3.96. The number of rotatable bonds is 0. The Hall–Kier alpha value is -1.09. The van der Waals surface area contributed by atoms with E-state index in [9.17, 15) is 4.79 Å². The van der Waals surface area contributed by atoms with Crippen LogP contribution in [0.1, 0.15) is 13.8 Å². The summed E-state index contributed by atoms with van der Waals surface area (Å²) in [5, 5.41) is 3.38. The van der Waals surface area contributed by atoms with Crippen molar-refractivity contribution in [3.05, 3.63) is 22.9 Å². The van der Waals surface area contributed by atoms with Crippen molar-refractivity contribution in [1.29, 1.82) is 0 Å². The quantitative estimate of drug-likeness (QED) is 0.657. The highest BCUT2D eigenvalue weighted by Gasteiger charge is 2.42. The normalized spacial score (nSPS) is 33.8. The van der Waals surface area contributed by atoms with Gasteiger partial charge in [0.2, 0.25) is 0 Å². The molecule has 0 radical (unpaired) electrons. The van der Waals surface area contributed by atoms with Gasteiger partial charge in [-0.15, -0.1) is 0 Å². The fourth-order valence-corrected chi connectivity index (χ4v) is 3.32. The molecule has 3 nitrogen and oxygen atoms in total. The van der Waals surface area contributed by atoms with Gasteiger partial charge in [-0.05, 0) is 19.4 Å². The van der Waals surface area contributed by atoms with E-state index in [0.717, 1.165) is 26.2 Å². The molecule has 0 amide bonds. The van der Waals surface area contributed by atoms with Crippen LogP contribution in [-0.2, 0) is 4.79 Å². The van der Waals surface area contributed by atoms with Gasteiger partial charge in [0.25, 0.3) is 0 Å². The van der Waals surface area contributed by atoms with Crippen molar-refractivity contribution in [2.75, 3.05) is 26.2 Å². The zero-order chi connectivity index (χ0) is 11.3. The molecule has 3 heteroatoms. The second-order valence-electron chi connectivity index (χ2n) is 5.25. The molecule has 16 heavy (non-hydrogen) atoms. The molecule has 0 aromatic rings. The topological polar surface area (TPSA) is 32.3 Å². The van der Waals surface area contributed by atoms with Crippen LogP contribution in [0.25, 0.3) is 0 Å². The van der Waals surface area contributed by atoms with Crippen molar-refractivity contribution in [2.24, 2.45) is 11.8 Å². The number of fused-ring (bicyclic) bond motifs is 4. The van der Waals surface area contributed by atoms with Gasteiger partial charge in [-0.3, -0.25) is 4.79 Å². The second-order valence-corrected chi connectivity index (χ2v) is 5.25. The molecule has 2 unspecified atom stereocenters. The summed E-state index contributed by atoms with van der Waals surface area (Å²) in [6.45, 7) is 7.90. The molecule has 2 bridgehead atoms. The molecule has 86 valence electrons. The average Bonchev–Trinajstić information content (AvgIpc) is 2.18. The lowest BCUT2D eigenvalue weighted by atomic mass is 9.79. The minimum Gasteiger partial charge on any atom is -0.369 e.